The van der Waals surface area contributed by atoms with Gasteiger partial charge in [-0.3, -0.25) is 0 Å². The summed E-state index contributed by atoms with van der Waals surface area (Å²) < 4.78 is 25.1. The van der Waals surface area contributed by atoms with E-state index in [0.717, 1.165) is 0 Å². The van der Waals surface area contributed by atoms with Crippen molar-refractivity contribution in [3.8, 4) is 0 Å². The Hall–Kier alpha value is -2.27. The fourth-order valence-corrected chi connectivity index (χ4v) is 3.61. The molecular formula is C14H6Cl2N2O4S. The molecule has 6 nitrogen and oxygen atoms in total. The Morgan fingerprint density at radius 3 is 1.48 bits per heavy atom. The molecule has 9 heteroatoms. The fourth-order valence-electron chi connectivity index (χ4n) is 1.73. The lowest BCUT2D eigenvalue weighted by Crippen LogP contribution is -2.01. The van der Waals surface area contributed by atoms with Gasteiger partial charge in [-0.1, -0.05) is 23.2 Å². The molecule has 0 N–H and O–H groups in total. The highest BCUT2D eigenvalue weighted by atomic mass is 35.5. The first-order valence-corrected chi connectivity index (χ1v) is 8.14. The number of halogens is 2. The van der Waals surface area contributed by atoms with Crippen molar-refractivity contribution in [1.82, 2.24) is 0 Å². The Kier molecular flexibility index (Phi) is 5.11. The van der Waals surface area contributed by atoms with E-state index >= 15 is 0 Å². The van der Waals surface area contributed by atoms with Crippen molar-refractivity contribution in [3.63, 3.8) is 0 Å². The molecule has 0 amide bonds. The first-order valence-electron chi connectivity index (χ1n) is 5.90. The summed E-state index contributed by atoms with van der Waals surface area (Å²) in [5.74, 6) is 0. The van der Waals surface area contributed by atoms with Gasteiger partial charge in [-0.25, -0.2) is 18.0 Å². The highest BCUT2D eigenvalue weighted by Crippen LogP contribution is 2.33. The first kappa shape index (κ1) is 17.1. The van der Waals surface area contributed by atoms with Gasteiger partial charge in [0, 0.05) is 0 Å². The van der Waals surface area contributed by atoms with Gasteiger partial charge in [-0.15, -0.1) is 0 Å². The molecule has 0 saturated heterocycles. The fraction of sp³-hybridized carbons (Fsp3) is 0. The summed E-state index contributed by atoms with van der Waals surface area (Å²) in [6.45, 7) is 0. The minimum atomic E-state index is -3.90. The second kappa shape index (κ2) is 6.87. The van der Waals surface area contributed by atoms with Crippen LogP contribution >= 0.6 is 23.2 Å². The van der Waals surface area contributed by atoms with Crippen molar-refractivity contribution in [2.24, 2.45) is 9.98 Å². The number of hydrogen-bond acceptors (Lipinski definition) is 6. The van der Waals surface area contributed by atoms with Crippen LogP contribution in [0.1, 0.15) is 0 Å². The monoisotopic (exact) mass is 368 g/mol. The lowest BCUT2D eigenvalue weighted by Gasteiger charge is -2.07. The molecule has 0 aliphatic carbocycles. The van der Waals surface area contributed by atoms with Gasteiger partial charge in [-0.2, -0.15) is 9.98 Å². The summed E-state index contributed by atoms with van der Waals surface area (Å²) in [5, 5.41) is -0.0228. The third-order valence-corrected chi connectivity index (χ3v) is 5.15. The molecule has 2 aromatic carbocycles. The largest absolute Gasteiger partial charge is 0.240 e. The molecule has 2 aromatic rings. The number of hydrogen-bond donors (Lipinski definition) is 0. The average Bonchev–Trinajstić information content (AvgIpc) is 2.51. The lowest BCUT2D eigenvalue weighted by molar-refractivity contribution is 0.564. The van der Waals surface area contributed by atoms with Crippen molar-refractivity contribution in [2.45, 2.75) is 9.79 Å². The quantitative estimate of drug-likeness (QED) is 0.606. The van der Waals surface area contributed by atoms with Crippen LogP contribution < -0.4 is 0 Å². The molecule has 0 radical (unpaired) electrons. The normalized spacial score (nSPS) is 10.5. The van der Waals surface area contributed by atoms with E-state index in [1.807, 2.05) is 0 Å². The molecular weight excluding hydrogens is 363 g/mol. The lowest BCUT2D eigenvalue weighted by atomic mass is 10.3. The second-order valence-corrected chi connectivity index (χ2v) is 6.90. The summed E-state index contributed by atoms with van der Waals surface area (Å²) in [6, 6.07) is 7.40. The van der Waals surface area contributed by atoms with Crippen LogP contribution in [-0.2, 0) is 19.4 Å². The van der Waals surface area contributed by atoms with Crippen molar-refractivity contribution in [2.75, 3.05) is 0 Å². The first-order chi connectivity index (χ1) is 10.9. The predicted octanol–water partition coefficient (Wildman–Crippen LogP) is 3.76. The van der Waals surface area contributed by atoms with Crippen LogP contribution in [0.15, 0.2) is 56.2 Å². The van der Waals surface area contributed by atoms with Gasteiger partial charge >= 0.3 is 0 Å². The zero-order valence-corrected chi connectivity index (χ0v) is 13.5. The number of carbonyl (C=O) groups excluding carboxylic acids is 2. The smallest absolute Gasteiger partial charge is 0.219 e. The van der Waals surface area contributed by atoms with Gasteiger partial charge in [0.05, 0.1) is 31.2 Å². The summed E-state index contributed by atoms with van der Waals surface area (Å²) >= 11 is 11.8. The average molecular weight is 369 g/mol. The highest BCUT2D eigenvalue weighted by molar-refractivity contribution is 7.91. The number of nitrogens with zero attached hydrogens (tertiary/aromatic N) is 2. The molecule has 0 aliphatic rings. The Morgan fingerprint density at radius 2 is 1.17 bits per heavy atom. The summed E-state index contributed by atoms with van der Waals surface area (Å²) in [6.07, 6.45) is 2.64. The highest BCUT2D eigenvalue weighted by Gasteiger charge is 2.20. The van der Waals surface area contributed by atoms with Crippen LogP contribution in [0.2, 0.25) is 10.0 Å². The van der Waals surface area contributed by atoms with E-state index in [1.165, 1.54) is 48.6 Å². The van der Waals surface area contributed by atoms with E-state index in [9.17, 15) is 18.0 Å². The Labute approximate surface area is 141 Å². The SMILES string of the molecule is O=C=Nc1ccc(S(=O)(=O)c2ccc(N=C=O)c(Cl)c2)cc1Cl. The van der Waals surface area contributed by atoms with Crippen molar-refractivity contribution >= 4 is 56.6 Å². The number of benzene rings is 2. The molecule has 0 heterocycles. The van der Waals surface area contributed by atoms with E-state index in [2.05, 4.69) is 9.98 Å². The second-order valence-electron chi connectivity index (χ2n) is 4.14. The minimum Gasteiger partial charge on any atom is -0.219 e. The maximum atomic E-state index is 12.5. The molecule has 0 bridgehead atoms. The van der Waals surface area contributed by atoms with Crippen LogP contribution in [0.4, 0.5) is 11.4 Å². The zero-order valence-electron chi connectivity index (χ0n) is 11.2. The van der Waals surface area contributed by atoms with Gasteiger partial charge < -0.3 is 0 Å². The maximum absolute atomic E-state index is 12.5. The van der Waals surface area contributed by atoms with Gasteiger partial charge in [0.1, 0.15) is 0 Å². The third kappa shape index (κ3) is 3.56. The number of rotatable bonds is 4. The van der Waals surface area contributed by atoms with Gasteiger partial charge in [0.25, 0.3) is 0 Å². The minimum absolute atomic E-state index is 0.0114. The van der Waals surface area contributed by atoms with Crippen molar-refractivity contribution in [1.29, 1.82) is 0 Å². The zero-order chi connectivity index (χ0) is 17.0. The molecule has 0 aromatic heterocycles. The molecule has 116 valence electrons. The molecule has 2 rings (SSSR count). The van der Waals surface area contributed by atoms with E-state index in [4.69, 9.17) is 23.2 Å². The molecule has 0 unspecified atom stereocenters. The predicted molar refractivity (Wildman–Crippen MR) is 83.9 cm³/mol. The molecule has 0 atom stereocenters. The van der Waals surface area contributed by atoms with Gasteiger partial charge in [0.2, 0.25) is 22.0 Å². The molecule has 0 fully saturated rings. The maximum Gasteiger partial charge on any atom is 0.240 e. The van der Waals surface area contributed by atoms with E-state index in [0.29, 0.717) is 0 Å². The van der Waals surface area contributed by atoms with E-state index < -0.39 is 9.84 Å². The summed E-state index contributed by atoms with van der Waals surface area (Å²) in [5.41, 5.74) is 0.212. The van der Waals surface area contributed by atoms with Crippen molar-refractivity contribution in [3.05, 3.63) is 46.4 Å². The van der Waals surface area contributed by atoms with Crippen LogP contribution in [0.25, 0.3) is 0 Å². The third-order valence-electron chi connectivity index (χ3n) is 2.79. The van der Waals surface area contributed by atoms with E-state index in [-0.39, 0.29) is 31.2 Å². The summed E-state index contributed by atoms with van der Waals surface area (Å²) in [7, 11) is -3.90. The van der Waals surface area contributed by atoms with Gasteiger partial charge in [0.15, 0.2) is 0 Å². The molecule has 0 aliphatic heterocycles. The standard InChI is InChI=1S/C14H6Cl2N2O4S/c15-11-5-9(1-3-13(11)17-7-19)23(21,22)10-2-4-14(18-8-20)12(16)6-10/h1-6H. The van der Waals surface area contributed by atoms with Crippen LogP contribution in [-0.4, -0.2) is 20.6 Å². The van der Waals surface area contributed by atoms with E-state index in [1.54, 1.807) is 0 Å². The van der Waals surface area contributed by atoms with Crippen LogP contribution in [0, 0.1) is 0 Å². The Morgan fingerprint density at radius 1 is 0.783 bits per heavy atom. The van der Waals surface area contributed by atoms with Crippen LogP contribution in [0.3, 0.4) is 0 Å². The Balaban J connectivity index is 2.54. The summed E-state index contributed by atoms with van der Waals surface area (Å²) in [4.78, 5) is 27.0. The number of isocyanates is 2. The topological polar surface area (TPSA) is 93.0 Å². The van der Waals surface area contributed by atoms with Gasteiger partial charge in [-0.05, 0) is 36.4 Å². The molecule has 0 spiro atoms. The van der Waals surface area contributed by atoms with Crippen molar-refractivity contribution < 1.29 is 18.0 Å². The number of sulfone groups is 1. The van der Waals surface area contributed by atoms with Crippen LogP contribution in [0.5, 0.6) is 0 Å². The molecule has 23 heavy (non-hydrogen) atoms. The Bertz CT molecular complexity index is 903. The molecule has 0 saturated carbocycles. The number of aliphatic imine (C=N–C) groups is 2.